The first kappa shape index (κ1) is 14.3. The molecular formula is C14H18N2O4. The van der Waals surface area contributed by atoms with Gasteiger partial charge < -0.3 is 19.7 Å². The Morgan fingerprint density at radius 3 is 2.85 bits per heavy atom. The topological polar surface area (TPSA) is 67.9 Å². The van der Waals surface area contributed by atoms with Crippen LogP contribution in [0.15, 0.2) is 30.3 Å². The molecule has 0 radical (unpaired) electrons. The van der Waals surface area contributed by atoms with Crippen molar-refractivity contribution in [3.8, 4) is 0 Å². The molecule has 1 N–H and O–H groups in total. The molecule has 1 aromatic rings. The molecule has 1 aliphatic heterocycles. The average molecular weight is 278 g/mol. The maximum atomic E-state index is 12.2. The Hall–Kier alpha value is -2.08. The summed E-state index contributed by atoms with van der Waals surface area (Å²) in [6.07, 6.45) is 0. The van der Waals surface area contributed by atoms with Crippen LogP contribution in [-0.2, 0) is 20.8 Å². The second kappa shape index (κ2) is 6.91. The number of rotatable bonds is 3. The number of carbonyl (C=O) groups is 2. The van der Waals surface area contributed by atoms with Crippen LogP contribution in [0.4, 0.5) is 4.79 Å². The van der Waals surface area contributed by atoms with Gasteiger partial charge in [0.2, 0.25) is 0 Å². The predicted molar refractivity (Wildman–Crippen MR) is 72.0 cm³/mol. The van der Waals surface area contributed by atoms with Gasteiger partial charge >= 0.3 is 12.0 Å². The van der Waals surface area contributed by atoms with E-state index in [1.807, 2.05) is 30.3 Å². The smallest absolute Gasteiger partial charge is 0.331 e. The van der Waals surface area contributed by atoms with Crippen molar-refractivity contribution >= 4 is 12.0 Å². The molecule has 6 heteroatoms. The van der Waals surface area contributed by atoms with Gasteiger partial charge in [-0.3, -0.25) is 0 Å². The van der Waals surface area contributed by atoms with Gasteiger partial charge in [-0.25, -0.2) is 9.59 Å². The summed E-state index contributed by atoms with van der Waals surface area (Å²) in [7, 11) is 1.30. The summed E-state index contributed by atoms with van der Waals surface area (Å²) >= 11 is 0. The number of carbonyl (C=O) groups excluding carboxylic acids is 2. The lowest BCUT2D eigenvalue weighted by molar-refractivity contribution is -0.151. The molecule has 20 heavy (non-hydrogen) atoms. The Morgan fingerprint density at radius 2 is 2.15 bits per heavy atom. The maximum Gasteiger partial charge on any atom is 0.331 e. The molecule has 1 fully saturated rings. The Labute approximate surface area is 117 Å². The Morgan fingerprint density at radius 1 is 1.40 bits per heavy atom. The third-order valence-electron chi connectivity index (χ3n) is 3.15. The van der Waals surface area contributed by atoms with Gasteiger partial charge in [0.25, 0.3) is 0 Å². The summed E-state index contributed by atoms with van der Waals surface area (Å²) in [5, 5.41) is 2.80. The number of amides is 2. The van der Waals surface area contributed by atoms with Gasteiger partial charge in [0, 0.05) is 13.1 Å². The quantitative estimate of drug-likeness (QED) is 0.829. The Balaban J connectivity index is 1.94. The number of hydrogen-bond donors (Lipinski definition) is 1. The van der Waals surface area contributed by atoms with E-state index in [9.17, 15) is 9.59 Å². The largest absolute Gasteiger partial charge is 0.467 e. The zero-order valence-corrected chi connectivity index (χ0v) is 11.4. The van der Waals surface area contributed by atoms with Crippen LogP contribution in [-0.4, -0.2) is 49.8 Å². The monoisotopic (exact) mass is 278 g/mol. The van der Waals surface area contributed by atoms with E-state index in [1.54, 1.807) is 0 Å². The van der Waals surface area contributed by atoms with Crippen molar-refractivity contribution in [3.05, 3.63) is 35.9 Å². The van der Waals surface area contributed by atoms with Gasteiger partial charge in [-0.15, -0.1) is 0 Å². The molecule has 1 heterocycles. The standard InChI is InChI=1S/C14H18N2O4/c1-19-13(17)12-10-20-8-7-16(12)14(18)15-9-11-5-3-2-4-6-11/h2-6,12H,7-10H2,1H3,(H,15,18)/t12-/m1/s1. The van der Waals surface area contributed by atoms with E-state index in [0.717, 1.165) is 5.56 Å². The van der Waals surface area contributed by atoms with Gasteiger partial charge in [-0.05, 0) is 5.56 Å². The molecule has 0 unspecified atom stereocenters. The number of methoxy groups -OCH3 is 1. The minimum atomic E-state index is -0.676. The number of morpholine rings is 1. The lowest BCUT2D eigenvalue weighted by atomic mass is 10.2. The Kier molecular flexibility index (Phi) is 4.95. The first-order valence-corrected chi connectivity index (χ1v) is 6.46. The van der Waals surface area contributed by atoms with E-state index < -0.39 is 12.0 Å². The SMILES string of the molecule is COC(=O)[C@H]1COCCN1C(=O)NCc1ccccc1. The van der Waals surface area contributed by atoms with Gasteiger partial charge in [-0.2, -0.15) is 0 Å². The highest BCUT2D eigenvalue weighted by atomic mass is 16.5. The van der Waals surface area contributed by atoms with Gasteiger partial charge in [0.05, 0.1) is 20.3 Å². The van der Waals surface area contributed by atoms with Crippen LogP contribution in [0, 0.1) is 0 Å². The van der Waals surface area contributed by atoms with Crippen LogP contribution in [0.3, 0.4) is 0 Å². The third-order valence-corrected chi connectivity index (χ3v) is 3.15. The number of urea groups is 1. The fourth-order valence-corrected chi connectivity index (χ4v) is 2.05. The molecular weight excluding hydrogens is 260 g/mol. The van der Waals surface area contributed by atoms with E-state index in [4.69, 9.17) is 9.47 Å². The molecule has 0 bridgehead atoms. The molecule has 0 saturated carbocycles. The number of nitrogens with zero attached hydrogens (tertiary/aromatic N) is 1. The number of hydrogen-bond acceptors (Lipinski definition) is 4. The predicted octanol–water partition coefficient (Wildman–Crippen LogP) is 0.770. The van der Waals surface area contributed by atoms with Gasteiger partial charge in [0.15, 0.2) is 6.04 Å². The molecule has 6 nitrogen and oxygen atoms in total. The summed E-state index contributed by atoms with van der Waals surface area (Å²) in [6, 6.07) is 8.63. The molecule has 108 valence electrons. The molecule has 1 atom stereocenters. The highest BCUT2D eigenvalue weighted by Crippen LogP contribution is 2.09. The normalized spacial score (nSPS) is 18.4. The van der Waals surface area contributed by atoms with Crippen LogP contribution in [0.1, 0.15) is 5.56 Å². The summed E-state index contributed by atoms with van der Waals surface area (Å²) in [6.45, 7) is 1.39. The van der Waals surface area contributed by atoms with E-state index in [-0.39, 0.29) is 12.6 Å². The van der Waals surface area contributed by atoms with Crippen molar-refractivity contribution in [2.45, 2.75) is 12.6 Å². The number of ether oxygens (including phenoxy) is 2. The van der Waals surface area contributed by atoms with Crippen molar-refractivity contribution in [1.82, 2.24) is 10.2 Å². The molecule has 1 aromatic carbocycles. The van der Waals surface area contributed by atoms with Gasteiger partial charge in [0.1, 0.15) is 0 Å². The summed E-state index contributed by atoms with van der Waals surface area (Å²) < 4.78 is 9.92. The maximum absolute atomic E-state index is 12.2. The highest BCUT2D eigenvalue weighted by molar-refractivity contribution is 5.84. The van der Waals surface area contributed by atoms with E-state index >= 15 is 0 Å². The van der Waals surface area contributed by atoms with E-state index in [2.05, 4.69) is 5.32 Å². The molecule has 1 aliphatic rings. The zero-order chi connectivity index (χ0) is 14.4. The average Bonchev–Trinajstić information content (AvgIpc) is 2.52. The highest BCUT2D eigenvalue weighted by Gasteiger charge is 2.33. The van der Waals surface area contributed by atoms with E-state index in [0.29, 0.717) is 19.7 Å². The van der Waals surface area contributed by atoms with Crippen LogP contribution >= 0.6 is 0 Å². The lowest BCUT2D eigenvalue weighted by Gasteiger charge is -2.33. The minimum Gasteiger partial charge on any atom is -0.467 e. The van der Waals surface area contributed by atoms with Crippen molar-refractivity contribution in [2.75, 3.05) is 26.9 Å². The van der Waals surface area contributed by atoms with Crippen LogP contribution in [0.5, 0.6) is 0 Å². The van der Waals surface area contributed by atoms with Gasteiger partial charge in [-0.1, -0.05) is 30.3 Å². The van der Waals surface area contributed by atoms with Crippen LogP contribution in [0.25, 0.3) is 0 Å². The molecule has 0 aliphatic carbocycles. The molecule has 0 spiro atoms. The van der Waals surface area contributed by atoms with E-state index in [1.165, 1.54) is 12.0 Å². The number of benzene rings is 1. The molecule has 2 amide bonds. The molecule has 2 rings (SSSR count). The third kappa shape index (κ3) is 3.48. The second-order valence-electron chi connectivity index (χ2n) is 4.45. The first-order valence-electron chi connectivity index (χ1n) is 6.46. The van der Waals surface area contributed by atoms with Crippen molar-refractivity contribution in [2.24, 2.45) is 0 Å². The van der Waals surface area contributed by atoms with Crippen LogP contribution < -0.4 is 5.32 Å². The molecule has 0 aromatic heterocycles. The first-order chi connectivity index (χ1) is 9.72. The van der Waals surface area contributed by atoms with Crippen LogP contribution in [0.2, 0.25) is 0 Å². The second-order valence-corrected chi connectivity index (χ2v) is 4.45. The number of esters is 1. The fourth-order valence-electron chi connectivity index (χ4n) is 2.05. The zero-order valence-electron chi connectivity index (χ0n) is 11.4. The van der Waals surface area contributed by atoms with Crippen molar-refractivity contribution < 1.29 is 19.1 Å². The minimum absolute atomic E-state index is 0.172. The fraction of sp³-hybridized carbons (Fsp3) is 0.429. The summed E-state index contributed by atoms with van der Waals surface area (Å²) in [4.78, 5) is 25.2. The van der Waals surface area contributed by atoms with Crippen molar-refractivity contribution in [3.63, 3.8) is 0 Å². The Bertz CT molecular complexity index is 464. The molecule has 1 saturated heterocycles. The summed E-state index contributed by atoms with van der Waals surface area (Å²) in [5.74, 6) is -0.459. The van der Waals surface area contributed by atoms with Crippen molar-refractivity contribution in [1.29, 1.82) is 0 Å². The lowest BCUT2D eigenvalue weighted by Crippen LogP contribution is -2.55. The number of nitrogens with one attached hydrogen (secondary N) is 1. The summed E-state index contributed by atoms with van der Waals surface area (Å²) in [5.41, 5.74) is 1.00.